The molecular weight excluding hydrogens is 134 g/mol. The third-order valence-electron chi connectivity index (χ3n) is 1.13. The molecule has 0 heterocycles. The number of rotatable bonds is 4. The Morgan fingerprint density at radius 2 is 1.90 bits per heavy atom. The largest absolute Gasteiger partial charge is 0.481 e. The van der Waals surface area contributed by atoms with Gasteiger partial charge in [-0.3, -0.25) is 9.59 Å². The molecule has 0 unspecified atom stereocenters. The van der Waals surface area contributed by atoms with Crippen LogP contribution in [0.1, 0.15) is 19.8 Å². The number of aliphatic carboxylic acids is 1. The van der Waals surface area contributed by atoms with Crippen molar-refractivity contribution in [1.82, 2.24) is 0 Å². The van der Waals surface area contributed by atoms with Crippen molar-refractivity contribution >= 4 is 11.9 Å². The molecule has 0 atom stereocenters. The second kappa shape index (κ2) is 3.87. The lowest BCUT2D eigenvalue weighted by Crippen LogP contribution is -2.19. The van der Waals surface area contributed by atoms with Gasteiger partial charge in [0, 0.05) is 6.42 Å². The van der Waals surface area contributed by atoms with Gasteiger partial charge in [0.1, 0.15) is 0 Å². The molecule has 0 spiro atoms. The van der Waals surface area contributed by atoms with E-state index in [9.17, 15) is 9.59 Å². The fraction of sp³-hybridized carbons (Fsp3) is 0.500. The van der Waals surface area contributed by atoms with Gasteiger partial charge in [-0.15, -0.1) is 0 Å². The van der Waals surface area contributed by atoms with Gasteiger partial charge in [0.05, 0.1) is 5.92 Å². The molecule has 0 aliphatic rings. The summed E-state index contributed by atoms with van der Waals surface area (Å²) >= 11 is 0. The van der Waals surface area contributed by atoms with E-state index in [2.05, 4.69) is 0 Å². The second-order valence-electron chi connectivity index (χ2n) is 2.04. The fourth-order valence-electron chi connectivity index (χ4n) is 0.418. The molecule has 0 aliphatic carbocycles. The highest BCUT2D eigenvalue weighted by Gasteiger charge is 2.10. The molecule has 3 N–H and O–H groups in total. The van der Waals surface area contributed by atoms with Gasteiger partial charge in [-0.05, 0) is 13.3 Å². The Hall–Kier alpha value is -1.06. The lowest BCUT2D eigenvalue weighted by atomic mass is 10.1. The van der Waals surface area contributed by atoms with Gasteiger partial charge in [0.2, 0.25) is 5.91 Å². The highest BCUT2D eigenvalue weighted by Crippen LogP contribution is 2.05. The van der Waals surface area contributed by atoms with Crippen molar-refractivity contribution < 1.29 is 14.7 Å². The van der Waals surface area contributed by atoms with Crippen LogP contribution < -0.4 is 5.73 Å². The normalized spacial score (nSPS) is 9.80. The minimum atomic E-state index is -0.916. The average Bonchev–Trinajstić information content (AvgIpc) is 1.82. The van der Waals surface area contributed by atoms with Gasteiger partial charge in [-0.2, -0.15) is 0 Å². The topological polar surface area (TPSA) is 80.4 Å². The van der Waals surface area contributed by atoms with Gasteiger partial charge in [-0.25, -0.2) is 0 Å². The maximum Gasteiger partial charge on any atom is 0.303 e. The molecule has 4 nitrogen and oxygen atoms in total. The van der Waals surface area contributed by atoms with E-state index >= 15 is 0 Å². The first-order chi connectivity index (χ1) is 4.54. The van der Waals surface area contributed by atoms with E-state index in [-0.39, 0.29) is 12.8 Å². The van der Waals surface area contributed by atoms with Crippen LogP contribution in [0.3, 0.4) is 0 Å². The standard InChI is InChI=1S/C6H10NO3/c1-4(6(7)10)2-3-5(8)9/h2-3H2,1H3,(H2,7,10)(H,8,9). The van der Waals surface area contributed by atoms with Crippen LogP contribution in [0, 0.1) is 5.92 Å². The second-order valence-corrected chi connectivity index (χ2v) is 2.04. The number of carbonyl (C=O) groups is 2. The minimum Gasteiger partial charge on any atom is -0.481 e. The number of carboxylic acids is 1. The van der Waals surface area contributed by atoms with Crippen LogP contribution in [-0.2, 0) is 9.59 Å². The highest BCUT2D eigenvalue weighted by molar-refractivity contribution is 5.88. The van der Waals surface area contributed by atoms with E-state index in [1.54, 1.807) is 0 Å². The number of carboxylic acid groups (broad SMARTS) is 1. The molecule has 0 fully saturated rings. The summed E-state index contributed by atoms with van der Waals surface area (Å²) in [5, 5.41) is 8.18. The number of primary amides is 1. The van der Waals surface area contributed by atoms with E-state index in [1.165, 1.54) is 6.92 Å². The molecule has 0 aromatic carbocycles. The van der Waals surface area contributed by atoms with Crippen LogP contribution in [0.2, 0.25) is 0 Å². The van der Waals surface area contributed by atoms with Gasteiger partial charge in [0.25, 0.3) is 0 Å². The van der Waals surface area contributed by atoms with Crippen molar-refractivity contribution in [3.05, 3.63) is 5.92 Å². The summed E-state index contributed by atoms with van der Waals surface area (Å²) in [4.78, 5) is 20.3. The number of nitrogens with two attached hydrogens (primary N) is 1. The summed E-state index contributed by atoms with van der Waals surface area (Å²) in [6.45, 7) is 1.53. The van der Waals surface area contributed by atoms with E-state index < -0.39 is 11.9 Å². The smallest absolute Gasteiger partial charge is 0.303 e. The zero-order chi connectivity index (χ0) is 8.15. The Morgan fingerprint density at radius 1 is 1.40 bits per heavy atom. The summed E-state index contributed by atoms with van der Waals surface area (Å²) in [5.74, 6) is -1.04. The first kappa shape index (κ1) is 8.94. The van der Waals surface area contributed by atoms with E-state index in [4.69, 9.17) is 10.8 Å². The van der Waals surface area contributed by atoms with Crippen LogP contribution >= 0.6 is 0 Å². The predicted octanol–water partition coefficient (Wildman–Crippen LogP) is -0.0691. The quantitative estimate of drug-likeness (QED) is 0.579. The summed E-state index contributed by atoms with van der Waals surface area (Å²) in [6.07, 6.45) is 0.208. The Kier molecular flexibility index (Phi) is 3.46. The predicted molar refractivity (Wildman–Crippen MR) is 35.0 cm³/mol. The number of hydrogen-bond acceptors (Lipinski definition) is 2. The maximum atomic E-state index is 10.3. The minimum absolute atomic E-state index is 0.0330. The SMILES string of the molecule is C[C](CCC(=O)O)C(N)=O. The Morgan fingerprint density at radius 3 is 2.20 bits per heavy atom. The summed E-state index contributed by atoms with van der Waals surface area (Å²) in [5.41, 5.74) is 4.85. The van der Waals surface area contributed by atoms with Gasteiger partial charge in [-0.1, -0.05) is 0 Å². The van der Waals surface area contributed by atoms with Crippen LogP contribution in [0.5, 0.6) is 0 Å². The molecule has 0 aliphatic heterocycles. The monoisotopic (exact) mass is 144 g/mol. The van der Waals surface area contributed by atoms with E-state index in [0.717, 1.165) is 0 Å². The van der Waals surface area contributed by atoms with Crippen molar-refractivity contribution in [1.29, 1.82) is 0 Å². The Bertz CT molecular complexity index is 144. The molecule has 1 amide bonds. The van der Waals surface area contributed by atoms with Crippen molar-refractivity contribution in [2.24, 2.45) is 5.73 Å². The summed E-state index contributed by atoms with van der Waals surface area (Å²) in [6, 6.07) is 0. The van der Waals surface area contributed by atoms with Crippen molar-refractivity contribution in [2.45, 2.75) is 19.8 Å². The lowest BCUT2D eigenvalue weighted by Gasteiger charge is -2.01. The molecule has 4 heteroatoms. The number of hydrogen-bond donors (Lipinski definition) is 2. The molecule has 10 heavy (non-hydrogen) atoms. The van der Waals surface area contributed by atoms with Crippen molar-refractivity contribution in [3.8, 4) is 0 Å². The highest BCUT2D eigenvalue weighted by atomic mass is 16.4. The number of carbonyl (C=O) groups excluding carboxylic acids is 1. The molecular formula is C6H10NO3. The molecule has 0 aromatic rings. The van der Waals surface area contributed by atoms with Crippen LogP contribution in [-0.4, -0.2) is 17.0 Å². The molecule has 1 radical (unpaired) electrons. The molecule has 0 saturated heterocycles. The van der Waals surface area contributed by atoms with Crippen LogP contribution in [0.4, 0.5) is 0 Å². The first-order valence-electron chi connectivity index (χ1n) is 2.88. The molecule has 57 valence electrons. The Balaban J connectivity index is 3.49. The summed E-state index contributed by atoms with van der Waals surface area (Å²) in [7, 11) is 0. The first-order valence-corrected chi connectivity index (χ1v) is 2.88. The zero-order valence-corrected chi connectivity index (χ0v) is 5.76. The van der Waals surface area contributed by atoms with Crippen molar-refractivity contribution in [3.63, 3.8) is 0 Å². The molecule has 0 bridgehead atoms. The molecule has 0 saturated carbocycles. The zero-order valence-electron chi connectivity index (χ0n) is 5.76. The van der Waals surface area contributed by atoms with Crippen LogP contribution in [0.25, 0.3) is 0 Å². The van der Waals surface area contributed by atoms with Gasteiger partial charge >= 0.3 is 5.97 Å². The number of amides is 1. The summed E-state index contributed by atoms with van der Waals surface area (Å²) < 4.78 is 0. The van der Waals surface area contributed by atoms with Crippen LogP contribution in [0.15, 0.2) is 0 Å². The lowest BCUT2D eigenvalue weighted by molar-refractivity contribution is -0.137. The van der Waals surface area contributed by atoms with Gasteiger partial charge in [0.15, 0.2) is 0 Å². The van der Waals surface area contributed by atoms with E-state index in [0.29, 0.717) is 5.92 Å². The average molecular weight is 144 g/mol. The Labute approximate surface area is 59.0 Å². The fourth-order valence-corrected chi connectivity index (χ4v) is 0.418. The molecule has 0 aromatic heterocycles. The van der Waals surface area contributed by atoms with E-state index in [1.807, 2.05) is 0 Å². The maximum absolute atomic E-state index is 10.3. The van der Waals surface area contributed by atoms with Crippen molar-refractivity contribution in [2.75, 3.05) is 0 Å². The van der Waals surface area contributed by atoms with Gasteiger partial charge < -0.3 is 10.8 Å². The third-order valence-corrected chi connectivity index (χ3v) is 1.13. The molecule has 0 rings (SSSR count). The third kappa shape index (κ3) is 3.88.